The van der Waals surface area contributed by atoms with Gasteiger partial charge in [-0.3, -0.25) is 4.79 Å². The van der Waals surface area contributed by atoms with Crippen LogP contribution < -0.4 is 10.2 Å². The summed E-state index contributed by atoms with van der Waals surface area (Å²) in [6.07, 6.45) is 9.23. The van der Waals surface area contributed by atoms with Gasteiger partial charge in [0.2, 0.25) is 5.91 Å². The lowest BCUT2D eigenvalue weighted by molar-refractivity contribution is -0.120. The first-order valence-corrected chi connectivity index (χ1v) is 7.38. The zero-order valence-corrected chi connectivity index (χ0v) is 12.2. The van der Waals surface area contributed by atoms with Gasteiger partial charge in [-0.1, -0.05) is 24.3 Å². The molecule has 0 aromatic heterocycles. The minimum Gasteiger partial charge on any atom is -0.497 e. The van der Waals surface area contributed by atoms with Crippen molar-refractivity contribution in [2.45, 2.75) is 19.3 Å². The maximum atomic E-state index is 11.8. The third-order valence-electron chi connectivity index (χ3n) is 4.31. The van der Waals surface area contributed by atoms with Gasteiger partial charge < -0.3 is 4.74 Å². The van der Waals surface area contributed by atoms with E-state index in [0.717, 1.165) is 17.2 Å². The molecular weight excluding hydrogens is 264 g/mol. The average Bonchev–Trinajstić information content (AvgIpc) is 3.11. The number of rotatable bonds is 5. The molecule has 1 fully saturated rings. The van der Waals surface area contributed by atoms with Crippen molar-refractivity contribution in [1.82, 2.24) is 5.43 Å². The van der Waals surface area contributed by atoms with Gasteiger partial charge in [0.1, 0.15) is 5.75 Å². The van der Waals surface area contributed by atoms with Crippen LogP contribution in [0, 0.1) is 17.8 Å². The molecule has 0 unspecified atom stereocenters. The fourth-order valence-electron chi connectivity index (χ4n) is 3.17. The van der Waals surface area contributed by atoms with E-state index in [1.165, 1.54) is 12.8 Å². The smallest absolute Gasteiger partial charge is 0.244 e. The lowest BCUT2D eigenvalue weighted by Crippen LogP contribution is -2.21. The van der Waals surface area contributed by atoms with E-state index in [2.05, 4.69) is 22.7 Å². The second-order valence-corrected chi connectivity index (χ2v) is 5.78. The van der Waals surface area contributed by atoms with Gasteiger partial charge >= 0.3 is 0 Å². The molecule has 3 rings (SSSR count). The molecule has 0 spiro atoms. The topological polar surface area (TPSA) is 50.7 Å². The minimum absolute atomic E-state index is 0.0879. The first-order valence-electron chi connectivity index (χ1n) is 7.38. The second-order valence-electron chi connectivity index (χ2n) is 5.78. The van der Waals surface area contributed by atoms with Gasteiger partial charge in [-0.2, -0.15) is 5.10 Å². The number of hydrazone groups is 1. The lowest BCUT2D eigenvalue weighted by Gasteiger charge is -2.11. The van der Waals surface area contributed by atoms with E-state index in [0.29, 0.717) is 18.3 Å². The number of ether oxygens (including phenoxy) is 1. The highest BCUT2D eigenvalue weighted by Crippen LogP contribution is 2.42. The standard InChI is InChI=1S/C17H20N2O2/c1-21-16-6-3-12(4-7-16)10-17(20)19-18-11-15-9-13-2-5-14(15)8-13/h2-7,11,13-15H,8-10H2,1H3,(H,19,20)/b18-11-/t13-,14+,15+/m1/s1. The number of methoxy groups -OCH3 is 1. The van der Waals surface area contributed by atoms with Crippen LogP contribution in [0.25, 0.3) is 0 Å². The summed E-state index contributed by atoms with van der Waals surface area (Å²) < 4.78 is 5.09. The summed E-state index contributed by atoms with van der Waals surface area (Å²) in [5.74, 6) is 2.54. The number of nitrogens with zero attached hydrogens (tertiary/aromatic N) is 1. The Morgan fingerprint density at radius 1 is 1.33 bits per heavy atom. The molecule has 0 aliphatic heterocycles. The van der Waals surface area contributed by atoms with E-state index in [9.17, 15) is 4.79 Å². The summed E-state index contributed by atoms with van der Waals surface area (Å²) in [6, 6.07) is 7.49. The minimum atomic E-state index is -0.0879. The van der Waals surface area contributed by atoms with Crippen molar-refractivity contribution in [3.63, 3.8) is 0 Å². The Balaban J connectivity index is 1.46. The fraction of sp³-hybridized carbons (Fsp3) is 0.412. The molecular formula is C17H20N2O2. The number of benzene rings is 1. The van der Waals surface area contributed by atoms with Gasteiger partial charge in [-0.25, -0.2) is 5.43 Å². The normalized spacial score (nSPS) is 26.4. The molecule has 1 N–H and O–H groups in total. The average molecular weight is 284 g/mol. The Morgan fingerprint density at radius 3 is 2.76 bits per heavy atom. The predicted octanol–water partition coefficient (Wildman–Crippen LogP) is 2.55. The number of hydrogen-bond acceptors (Lipinski definition) is 3. The van der Waals surface area contributed by atoms with Crippen LogP contribution in [-0.4, -0.2) is 19.2 Å². The maximum Gasteiger partial charge on any atom is 0.244 e. The van der Waals surface area contributed by atoms with E-state index in [1.54, 1.807) is 7.11 Å². The van der Waals surface area contributed by atoms with Gasteiger partial charge in [-0.15, -0.1) is 0 Å². The molecule has 1 saturated carbocycles. The second kappa shape index (κ2) is 6.12. The summed E-state index contributed by atoms with van der Waals surface area (Å²) in [6.45, 7) is 0. The number of hydrogen-bond donors (Lipinski definition) is 1. The molecule has 4 nitrogen and oxygen atoms in total. The largest absolute Gasteiger partial charge is 0.497 e. The number of carbonyl (C=O) groups excluding carboxylic acids is 1. The van der Waals surface area contributed by atoms with E-state index in [1.807, 2.05) is 30.5 Å². The van der Waals surface area contributed by atoms with Crippen molar-refractivity contribution >= 4 is 12.1 Å². The molecule has 3 atom stereocenters. The van der Waals surface area contributed by atoms with Gasteiger partial charge in [0, 0.05) is 12.1 Å². The molecule has 2 aliphatic carbocycles. The van der Waals surface area contributed by atoms with Crippen molar-refractivity contribution in [2.75, 3.05) is 7.11 Å². The number of fused-ring (bicyclic) bond motifs is 2. The molecule has 0 heterocycles. The number of carbonyl (C=O) groups is 1. The molecule has 0 radical (unpaired) electrons. The zero-order valence-electron chi connectivity index (χ0n) is 12.2. The summed E-state index contributed by atoms with van der Waals surface area (Å²) in [7, 11) is 1.63. The van der Waals surface area contributed by atoms with Crippen molar-refractivity contribution in [3.05, 3.63) is 42.0 Å². The zero-order chi connectivity index (χ0) is 14.7. The van der Waals surface area contributed by atoms with Crippen molar-refractivity contribution < 1.29 is 9.53 Å². The van der Waals surface area contributed by atoms with Crippen LogP contribution in [0.3, 0.4) is 0 Å². The number of allylic oxidation sites excluding steroid dienone is 2. The van der Waals surface area contributed by atoms with Crippen LogP contribution in [0.4, 0.5) is 0 Å². The molecule has 1 aromatic carbocycles. The molecule has 1 amide bonds. The van der Waals surface area contributed by atoms with Crippen LogP contribution in [0.1, 0.15) is 18.4 Å². The molecule has 0 saturated heterocycles. The summed E-state index contributed by atoms with van der Waals surface area (Å²) >= 11 is 0. The van der Waals surface area contributed by atoms with E-state index < -0.39 is 0 Å². The van der Waals surface area contributed by atoms with E-state index >= 15 is 0 Å². The van der Waals surface area contributed by atoms with Crippen LogP contribution in [0.15, 0.2) is 41.5 Å². The van der Waals surface area contributed by atoms with Crippen molar-refractivity contribution in [1.29, 1.82) is 0 Å². The highest BCUT2D eigenvalue weighted by molar-refractivity contribution is 5.79. The molecule has 2 aliphatic rings. The Labute approximate surface area is 124 Å². The van der Waals surface area contributed by atoms with Crippen molar-refractivity contribution in [3.8, 4) is 5.75 Å². The summed E-state index contributed by atoms with van der Waals surface area (Å²) in [4.78, 5) is 11.8. The van der Waals surface area contributed by atoms with Crippen LogP contribution in [-0.2, 0) is 11.2 Å². The van der Waals surface area contributed by atoms with E-state index in [4.69, 9.17) is 4.74 Å². The van der Waals surface area contributed by atoms with E-state index in [-0.39, 0.29) is 5.91 Å². The Kier molecular flexibility index (Phi) is 4.04. The van der Waals surface area contributed by atoms with Gasteiger partial charge in [0.05, 0.1) is 13.5 Å². The molecule has 1 aromatic rings. The number of nitrogens with one attached hydrogen (secondary N) is 1. The first kappa shape index (κ1) is 13.9. The summed E-state index contributed by atoms with van der Waals surface area (Å²) in [5, 5.41) is 4.12. The SMILES string of the molecule is COc1ccc(CC(=O)N/N=C\[C@@H]2C[C@@H]3C=C[C@H]2C3)cc1. The maximum absolute atomic E-state index is 11.8. The third kappa shape index (κ3) is 3.32. The van der Waals surface area contributed by atoms with Gasteiger partial charge in [0.15, 0.2) is 0 Å². The Hall–Kier alpha value is -2.10. The molecule has 110 valence electrons. The molecule has 2 bridgehead atoms. The monoisotopic (exact) mass is 284 g/mol. The first-order chi connectivity index (χ1) is 10.2. The third-order valence-corrected chi connectivity index (χ3v) is 4.31. The fourth-order valence-corrected chi connectivity index (χ4v) is 3.17. The van der Waals surface area contributed by atoms with Crippen LogP contribution >= 0.6 is 0 Å². The highest BCUT2D eigenvalue weighted by atomic mass is 16.5. The van der Waals surface area contributed by atoms with Crippen molar-refractivity contribution in [2.24, 2.45) is 22.9 Å². The Morgan fingerprint density at radius 2 is 2.14 bits per heavy atom. The Bertz CT molecular complexity index is 563. The molecule has 21 heavy (non-hydrogen) atoms. The predicted molar refractivity (Wildman–Crippen MR) is 82.2 cm³/mol. The highest BCUT2D eigenvalue weighted by Gasteiger charge is 2.34. The van der Waals surface area contributed by atoms with Gasteiger partial charge in [0.25, 0.3) is 0 Å². The van der Waals surface area contributed by atoms with Gasteiger partial charge in [-0.05, 0) is 42.4 Å². The number of amides is 1. The van der Waals surface area contributed by atoms with Crippen LogP contribution in [0.5, 0.6) is 5.75 Å². The molecule has 4 heteroatoms. The quantitative estimate of drug-likeness (QED) is 0.513. The lowest BCUT2D eigenvalue weighted by atomic mass is 9.95. The van der Waals surface area contributed by atoms with Crippen LogP contribution in [0.2, 0.25) is 0 Å². The summed E-state index contributed by atoms with van der Waals surface area (Å²) in [5.41, 5.74) is 3.57.